The van der Waals surface area contributed by atoms with E-state index in [1.807, 2.05) is 56.4 Å². The molecule has 4 rings (SSSR count). The number of benzene rings is 3. The van der Waals surface area contributed by atoms with Crippen molar-refractivity contribution in [3.05, 3.63) is 78.5 Å². The molecular formula is C28H31N3O6S. The second kappa shape index (κ2) is 13.3. The van der Waals surface area contributed by atoms with Gasteiger partial charge in [0.05, 0.1) is 60.9 Å². The van der Waals surface area contributed by atoms with Crippen LogP contribution in [0.1, 0.15) is 5.56 Å². The van der Waals surface area contributed by atoms with E-state index in [4.69, 9.17) is 23.4 Å². The molecule has 0 spiro atoms. The van der Waals surface area contributed by atoms with Crippen LogP contribution in [-0.4, -0.2) is 65.1 Å². The summed E-state index contributed by atoms with van der Waals surface area (Å²) in [5.41, 5.74) is 5.39. The first-order chi connectivity index (χ1) is 18.4. The summed E-state index contributed by atoms with van der Waals surface area (Å²) in [7, 11) is -1.90. The maximum absolute atomic E-state index is 12.1. The molecule has 9 nitrogen and oxygen atoms in total. The number of aromatic nitrogens is 2. The Morgan fingerprint density at radius 1 is 0.789 bits per heavy atom. The van der Waals surface area contributed by atoms with E-state index in [-0.39, 0.29) is 18.1 Å². The molecule has 0 saturated heterocycles. The van der Waals surface area contributed by atoms with Crippen LogP contribution >= 0.6 is 0 Å². The highest BCUT2D eigenvalue weighted by Crippen LogP contribution is 2.23. The lowest BCUT2D eigenvalue weighted by Crippen LogP contribution is -2.14. The number of nitrogens with one attached hydrogen (secondary N) is 1. The predicted molar refractivity (Wildman–Crippen MR) is 146 cm³/mol. The third kappa shape index (κ3) is 7.72. The minimum absolute atomic E-state index is 0.0582. The number of nitrogens with zero attached hydrogens (tertiary/aromatic N) is 2. The molecule has 38 heavy (non-hydrogen) atoms. The monoisotopic (exact) mass is 537 g/mol. The highest BCUT2D eigenvalue weighted by molar-refractivity contribution is 7.86. The van der Waals surface area contributed by atoms with Gasteiger partial charge in [0.1, 0.15) is 12.4 Å². The molecule has 0 amide bonds. The maximum atomic E-state index is 12.1. The Hall–Kier alpha value is -3.57. The topological polar surface area (TPSA) is 109 Å². The Morgan fingerprint density at radius 3 is 2.18 bits per heavy atom. The average Bonchev–Trinajstić information content (AvgIpc) is 2.94. The van der Waals surface area contributed by atoms with E-state index in [0.717, 1.165) is 39.3 Å². The number of ether oxygens (including phenoxy) is 3. The number of hydrogen-bond donors (Lipinski definition) is 1. The lowest BCUT2D eigenvalue weighted by molar-refractivity contribution is 0.0279. The van der Waals surface area contributed by atoms with Crippen LogP contribution in [0.2, 0.25) is 0 Å². The molecule has 0 radical (unpaired) electrons. The fourth-order valence-electron chi connectivity index (χ4n) is 3.54. The SMILES string of the molecule is CNc1ccc2nc(-c3ccc(OCCOCCOCCOS(=O)(=O)c4ccc(C)cc4)cc3)cnc2c1. The van der Waals surface area contributed by atoms with Crippen LogP contribution in [0.3, 0.4) is 0 Å². The van der Waals surface area contributed by atoms with E-state index >= 15 is 0 Å². The molecule has 1 heterocycles. The summed E-state index contributed by atoms with van der Waals surface area (Å²) < 4.78 is 45.8. The first kappa shape index (κ1) is 27.5. The number of rotatable bonds is 14. The van der Waals surface area contributed by atoms with E-state index in [1.165, 1.54) is 12.1 Å². The zero-order chi connectivity index (χ0) is 26.8. The summed E-state index contributed by atoms with van der Waals surface area (Å²) >= 11 is 0. The van der Waals surface area contributed by atoms with Gasteiger partial charge in [-0.05, 0) is 61.5 Å². The molecule has 0 saturated carbocycles. The first-order valence-corrected chi connectivity index (χ1v) is 13.6. The Morgan fingerprint density at radius 2 is 1.47 bits per heavy atom. The van der Waals surface area contributed by atoms with Gasteiger partial charge in [-0.25, -0.2) is 4.98 Å². The van der Waals surface area contributed by atoms with Crippen molar-refractivity contribution >= 4 is 26.8 Å². The molecule has 0 unspecified atom stereocenters. The van der Waals surface area contributed by atoms with Gasteiger partial charge < -0.3 is 19.5 Å². The van der Waals surface area contributed by atoms with Gasteiger partial charge in [-0.3, -0.25) is 9.17 Å². The molecule has 10 heteroatoms. The summed E-state index contributed by atoms with van der Waals surface area (Å²) in [5, 5.41) is 3.10. The molecule has 3 aromatic carbocycles. The number of fused-ring (bicyclic) bond motifs is 1. The second-order valence-corrected chi connectivity index (χ2v) is 10.0. The summed E-state index contributed by atoms with van der Waals surface area (Å²) in [6.07, 6.45) is 1.77. The van der Waals surface area contributed by atoms with E-state index in [1.54, 1.807) is 18.3 Å². The lowest BCUT2D eigenvalue weighted by Gasteiger charge is -2.09. The Kier molecular flexibility index (Phi) is 9.61. The number of hydrogen-bond acceptors (Lipinski definition) is 9. The summed E-state index contributed by atoms with van der Waals surface area (Å²) in [5.74, 6) is 0.730. The van der Waals surface area contributed by atoms with E-state index in [9.17, 15) is 8.42 Å². The van der Waals surface area contributed by atoms with Crippen molar-refractivity contribution < 1.29 is 26.8 Å². The summed E-state index contributed by atoms with van der Waals surface area (Å²) in [4.78, 5) is 9.35. The minimum Gasteiger partial charge on any atom is -0.491 e. The standard InChI is InChI=1S/C28H31N3O6S/c1-21-3-10-25(11-4-21)38(32,33)37-18-16-35-14-13-34-15-17-36-24-8-5-22(6-9-24)28-20-30-27-19-23(29-2)7-12-26(27)31-28/h3-12,19-20,29H,13-18H2,1-2H3. The van der Waals surface area contributed by atoms with Crippen LogP contribution < -0.4 is 10.1 Å². The fourth-order valence-corrected chi connectivity index (χ4v) is 4.44. The highest BCUT2D eigenvalue weighted by Gasteiger charge is 2.14. The molecule has 4 aromatic rings. The van der Waals surface area contributed by atoms with Crippen LogP contribution in [0.4, 0.5) is 5.69 Å². The van der Waals surface area contributed by atoms with Crippen molar-refractivity contribution in [2.24, 2.45) is 0 Å². The molecule has 0 fully saturated rings. The molecule has 0 aliphatic carbocycles. The second-order valence-electron chi connectivity index (χ2n) is 8.40. The maximum Gasteiger partial charge on any atom is 0.297 e. The third-order valence-electron chi connectivity index (χ3n) is 5.63. The Balaban J connectivity index is 1.09. The third-order valence-corrected chi connectivity index (χ3v) is 6.95. The molecule has 200 valence electrons. The van der Waals surface area contributed by atoms with Gasteiger partial charge >= 0.3 is 0 Å². The van der Waals surface area contributed by atoms with E-state index < -0.39 is 10.1 Å². The smallest absolute Gasteiger partial charge is 0.297 e. The first-order valence-electron chi connectivity index (χ1n) is 12.2. The van der Waals surface area contributed by atoms with E-state index in [0.29, 0.717) is 26.4 Å². The molecule has 0 aliphatic rings. The van der Waals surface area contributed by atoms with Gasteiger partial charge in [-0.1, -0.05) is 17.7 Å². The zero-order valence-corrected chi connectivity index (χ0v) is 22.2. The largest absolute Gasteiger partial charge is 0.491 e. The van der Waals surface area contributed by atoms with Crippen molar-refractivity contribution in [1.29, 1.82) is 0 Å². The lowest BCUT2D eigenvalue weighted by atomic mass is 10.1. The summed E-state index contributed by atoms with van der Waals surface area (Å²) in [6.45, 7) is 3.46. The fraction of sp³-hybridized carbons (Fsp3) is 0.286. The highest BCUT2D eigenvalue weighted by atomic mass is 32.2. The van der Waals surface area contributed by atoms with Crippen molar-refractivity contribution in [2.75, 3.05) is 52.0 Å². The van der Waals surface area contributed by atoms with Gasteiger partial charge in [0.15, 0.2) is 0 Å². The average molecular weight is 538 g/mol. The Labute approximate surface area is 222 Å². The number of aryl methyl sites for hydroxylation is 1. The summed E-state index contributed by atoms with van der Waals surface area (Å²) in [6, 6.07) is 20.1. The van der Waals surface area contributed by atoms with Gasteiger partial charge in [0, 0.05) is 18.3 Å². The van der Waals surface area contributed by atoms with Crippen LogP contribution in [-0.2, 0) is 23.8 Å². The van der Waals surface area contributed by atoms with Gasteiger partial charge in [-0.2, -0.15) is 8.42 Å². The molecular weight excluding hydrogens is 506 g/mol. The molecule has 1 aromatic heterocycles. The molecule has 0 bridgehead atoms. The van der Waals surface area contributed by atoms with Crippen molar-refractivity contribution in [3.63, 3.8) is 0 Å². The van der Waals surface area contributed by atoms with Crippen LogP contribution in [0.15, 0.2) is 77.8 Å². The minimum atomic E-state index is -3.77. The zero-order valence-electron chi connectivity index (χ0n) is 21.4. The number of anilines is 1. The quantitative estimate of drug-likeness (QED) is 0.184. The van der Waals surface area contributed by atoms with E-state index in [2.05, 4.69) is 10.3 Å². The van der Waals surface area contributed by atoms with Crippen LogP contribution in [0, 0.1) is 6.92 Å². The molecule has 0 atom stereocenters. The van der Waals surface area contributed by atoms with Gasteiger partial charge in [0.25, 0.3) is 10.1 Å². The normalized spacial score (nSPS) is 11.5. The van der Waals surface area contributed by atoms with Crippen molar-refractivity contribution in [2.45, 2.75) is 11.8 Å². The van der Waals surface area contributed by atoms with Gasteiger partial charge in [0.2, 0.25) is 0 Å². The van der Waals surface area contributed by atoms with Crippen molar-refractivity contribution in [3.8, 4) is 17.0 Å². The van der Waals surface area contributed by atoms with Crippen LogP contribution in [0.25, 0.3) is 22.3 Å². The van der Waals surface area contributed by atoms with Crippen molar-refractivity contribution in [1.82, 2.24) is 9.97 Å². The molecule has 1 N–H and O–H groups in total. The van der Waals surface area contributed by atoms with Gasteiger partial charge in [-0.15, -0.1) is 0 Å². The Bertz CT molecular complexity index is 1430. The van der Waals surface area contributed by atoms with Crippen LogP contribution in [0.5, 0.6) is 5.75 Å². The predicted octanol–water partition coefficient (Wildman–Crippen LogP) is 4.46. The molecule has 0 aliphatic heterocycles.